The molecule has 0 aromatic rings. The van der Waals surface area contributed by atoms with Gasteiger partial charge in [-0.15, -0.1) is 0 Å². The Morgan fingerprint density at radius 2 is 1.61 bits per heavy atom. The number of carbonyl (C=O) groups is 1. The molecule has 1 rings (SSSR count). The lowest BCUT2D eigenvalue weighted by Gasteiger charge is -2.23. The van der Waals surface area contributed by atoms with E-state index in [1.807, 2.05) is 13.8 Å². The molecule has 0 aromatic carbocycles. The molecule has 1 heterocycles. The number of cyclic esters (lactones) is 1. The molecule has 1 atom stereocenters. The number of nitrogens with one attached hydrogen (secondary N) is 1. The predicted molar refractivity (Wildman–Crippen MR) is 74.7 cm³/mol. The molecule has 3 heteroatoms. The van der Waals surface area contributed by atoms with Gasteiger partial charge in [-0.25, -0.2) is 4.79 Å². The molecule has 1 N–H and O–H groups in total. The van der Waals surface area contributed by atoms with E-state index in [1.54, 1.807) is 0 Å². The van der Waals surface area contributed by atoms with Crippen molar-refractivity contribution in [2.45, 2.75) is 90.2 Å². The van der Waals surface area contributed by atoms with Crippen LogP contribution in [0.1, 0.15) is 78.6 Å². The zero-order chi connectivity index (χ0) is 13.4. The molecule has 0 aromatic heterocycles. The summed E-state index contributed by atoms with van der Waals surface area (Å²) in [7, 11) is 0. The summed E-state index contributed by atoms with van der Waals surface area (Å²) in [6, 6.07) is 0. The SMILES string of the molecule is CCCCCCCCCCC1OC(=O)NC1(C)C. The average Bonchev–Trinajstić information content (AvgIpc) is 2.55. The largest absolute Gasteiger partial charge is 0.444 e. The Hall–Kier alpha value is -0.730. The Labute approximate surface area is 112 Å². The van der Waals surface area contributed by atoms with E-state index in [-0.39, 0.29) is 17.7 Å². The number of hydrogen-bond donors (Lipinski definition) is 1. The van der Waals surface area contributed by atoms with Crippen molar-refractivity contribution in [2.24, 2.45) is 0 Å². The topological polar surface area (TPSA) is 38.3 Å². The lowest BCUT2D eigenvalue weighted by atomic mass is 9.93. The van der Waals surface area contributed by atoms with E-state index in [0.717, 1.165) is 12.8 Å². The van der Waals surface area contributed by atoms with Crippen LogP contribution in [0.3, 0.4) is 0 Å². The quantitative estimate of drug-likeness (QED) is 0.620. The first kappa shape index (κ1) is 15.3. The van der Waals surface area contributed by atoms with Crippen molar-refractivity contribution < 1.29 is 9.53 Å². The third-order valence-corrected chi connectivity index (χ3v) is 3.80. The van der Waals surface area contributed by atoms with Crippen molar-refractivity contribution in [3.05, 3.63) is 0 Å². The van der Waals surface area contributed by atoms with Crippen molar-refractivity contribution in [1.29, 1.82) is 0 Å². The number of carbonyl (C=O) groups excluding carboxylic acids is 1. The molecule has 1 saturated heterocycles. The number of ether oxygens (including phenoxy) is 1. The van der Waals surface area contributed by atoms with Gasteiger partial charge in [0.05, 0.1) is 5.54 Å². The third-order valence-electron chi connectivity index (χ3n) is 3.80. The van der Waals surface area contributed by atoms with Gasteiger partial charge in [-0.1, -0.05) is 51.9 Å². The molecular formula is C15H29NO2. The monoisotopic (exact) mass is 255 g/mol. The van der Waals surface area contributed by atoms with E-state index in [0.29, 0.717) is 0 Å². The second-order valence-corrected chi connectivity index (χ2v) is 6.00. The molecule has 1 aliphatic heterocycles. The lowest BCUT2D eigenvalue weighted by Crippen LogP contribution is -2.42. The molecule has 1 amide bonds. The number of unbranched alkanes of at least 4 members (excludes halogenated alkanes) is 7. The van der Waals surface area contributed by atoms with Gasteiger partial charge in [-0.3, -0.25) is 0 Å². The lowest BCUT2D eigenvalue weighted by molar-refractivity contribution is 0.108. The van der Waals surface area contributed by atoms with Crippen LogP contribution in [0.25, 0.3) is 0 Å². The zero-order valence-electron chi connectivity index (χ0n) is 12.3. The Kier molecular flexibility index (Phi) is 6.51. The zero-order valence-corrected chi connectivity index (χ0v) is 12.3. The minimum absolute atomic E-state index is 0.0464. The van der Waals surface area contributed by atoms with Crippen molar-refractivity contribution in [2.75, 3.05) is 0 Å². The van der Waals surface area contributed by atoms with Crippen LogP contribution in [-0.2, 0) is 4.74 Å². The van der Waals surface area contributed by atoms with Crippen LogP contribution in [0.15, 0.2) is 0 Å². The van der Waals surface area contributed by atoms with Crippen LogP contribution in [0.2, 0.25) is 0 Å². The highest BCUT2D eigenvalue weighted by atomic mass is 16.6. The van der Waals surface area contributed by atoms with E-state index in [9.17, 15) is 4.79 Å². The van der Waals surface area contributed by atoms with E-state index >= 15 is 0 Å². The van der Waals surface area contributed by atoms with Gasteiger partial charge < -0.3 is 10.1 Å². The van der Waals surface area contributed by atoms with Gasteiger partial charge in [0.2, 0.25) is 0 Å². The molecule has 0 aliphatic carbocycles. The fourth-order valence-corrected chi connectivity index (χ4v) is 2.53. The van der Waals surface area contributed by atoms with Crippen LogP contribution < -0.4 is 5.32 Å². The molecule has 3 nitrogen and oxygen atoms in total. The van der Waals surface area contributed by atoms with Gasteiger partial charge in [-0.05, 0) is 26.7 Å². The van der Waals surface area contributed by atoms with E-state index < -0.39 is 0 Å². The summed E-state index contributed by atoms with van der Waals surface area (Å²) in [5, 5.41) is 2.86. The van der Waals surface area contributed by atoms with Crippen LogP contribution in [0.4, 0.5) is 4.79 Å². The standard InChI is InChI=1S/C15H29NO2/c1-4-5-6-7-8-9-10-11-12-13-15(2,3)16-14(17)18-13/h13H,4-12H2,1-3H3,(H,16,17). The van der Waals surface area contributed by atoms with E-state index in [4.69, 9.17) is 4.74 Å². The Morgan fingerprint density at radius 3 is 2.11 bits per heavy atom. The maximum Gasteiger partial charge on any atom is 0.408 e. The smallest absolute Gasteiger partial charge is 0.408 e. The summed E-state index contributed by atoms with van der Waals surface area (Å²) in [5.74, 6) is 0. The van der Waals surface area contributed by atoms with Gasteiger partial charge in [0.15, 0.2) is 0 Å². The van der Waals surface area contributed by atoms with Crippen molar-refractivity contribution in [1.82, 2.24) is 5.32 Å². The fraction of sp³-hybridized carbons (Fsp3) is 0.933. The molecule has 1 unspecified atom stereocenters. The number of hydrogen-bond acceptors (Lipinski definition) is 2. The van der Waals surface area contributed by atoms with Crippen LogP contribution in [-0.4, -0.2) is 17.7 Å². The summed E-state index contributed by atoms with van der Waals surface area (Å²) in [6.07, 6.45) is 11.3. The summed E-state index contributed by atoms with van der Waals surface area (Å²) in [6.45, 7) is 6.32. The molecule has 0 radical (unpaired) electrons. The van der Waals surface area contributed by atoms with Crippen LogP contribution in [0.5, 0.6) is 0 Å². The second-order valence-electron chi connectivity index (χ2n) is 6.00. The first-order valence-electron chi connectivity index (χ1n) is 7.55. The summed E-state index contributed by atoms with van der Waals surface area (Å²) < 4.78 is 5.29. The highest BCUT2D eigenvalue weighted by Gasteiger charge is 2.40. The molecule has 0 spiro atoms. The van der Waals surface area contributed by atoms with Crippen LogP contribution in [0, 0.1) is 0 Å². The minimum Gasteiger partial charge on any atom is -0.444 e. The molecule has 1 aliphatic rings. The average molecular weight is 255 g/mol. The van der Waals surface area contributed by atoms with Crippen molar-refractivity contribution >= 4 is 6.09 Å². The maximum atomic E-state index is 11.2. The molecule has 106 valence electrons. The maximum absolute atomic E-state index is 11.2. The highest BCUT2D eigenvalue weighted by molar-refractivity contribution is 5.71. The van der Waals surface area contributed by atoms with Gasteiger partial charge in [-0.2, -0.15) is 0 Å². The van der Waals surface area contributed by atoms with Crippen molar-refractivity contribution in [3.8, 4) is 0 Å². The van der Waals surface area contributed by atoms with Gasteiger partial charge in [0.1, 0.15) is 6.10 Å². The number of rotatable bonds is 9. The summed E-state index contributed by atoms with van der Waals surface area (Å²) >= 11 is 0. The summed E-state index contributed by atoms with van der Waals surface area (Å²) in [4.78, 5) is 11.2. The Bertz CT molecular complexity index is 251. The van der Waals surface area contributed by atoms with Gasteiger partial charge >= 0.3 is 6.09 Å². The van der Waals surface area contributed by atoms with Gasteiger partial charge in [0, 0.05) is 0 Å². The first-order valence-corrected chi connectivity index (χ1v) is 7.55. The molecule has 18 heavy (non-hydrogen) atoms. The van der Waals surface area contributed by atoms with E-state index in [2.05, 4.69) is 12.2 Å². The van der Waals surface area contributed by atoms with Crippen molar-refractivity contribution in [3.63, 3.8) is 0 Å². The second kappa shape index (κ2) is 7.65. The molecular weight excluding hydrogens is 226 g/mol. The normalized spacial score (nSPS) is 21.7. The van der Waals surface area contributed by atoms with Crippen LogP contribution >= 0.6 is 0 Å². The van der Waals surface area contributed by atoms with Gasteiger partial charge in [0.25, 0.3) is 0 Å². The Balaban J connectivity index is 1.99. The fourth-order valence-electron chi connectivity index (χ4n) is 2.53. The number of alkyl carbamates (subject to hydrolysis) is 1. The minimum atomic E-state index is -0.260. The number of amides is 1. The third kappa shape index (κ3) is 5.28. The molecule has 0 bridgehead atoms. The molecule has 1 fully saturated rings. The highest BCUT2D eigenvalue weighted by Crippen LogP contribution is 2.24. The van der Waals surface area contributed by atoms with E-state index in [1.165, 1.54) is 44.9 Å². The summed E-state index contributed by atoms with van der Waals surface area (Å²) in [5.41, 5.74) is -0.196. The molecule has 0 saturated carbocycles. The Morgan fingerprint density at radius 1 is 1.06 bits per heavy atom. The first-order chi connectivity index (χ1) is 8.56. The predicted octanol–water partition coefficient (Wildman–Crippen LogP) is 4.40.